The number of hydrogen-bond donors (Lipinski definition) is 1. The Labute approximate surface area is 174 Å². The maximum absolute atomic E-state index is 13.2. The van der Waals surface area contributed by atoms with E-state index in [1.165, 1.54) is 12.3 Å². The molecule has 0 spiro atoms. The lowest BCUT2D eigenvalue weighted by atomic mass is 10.2. The van der Waals surface area contributed by atoms with Gasteiger partial charge in [-0.1, -0.05) is 11.6 Å². The van der Waals surface area contributed by atoms with Crippen LogP contribution >= 0.6 is 27.5 Å². The minimum atomic E-state index is -4.64. The van der Waals surface area contributed by atoms with Gasteiger partial charge in [0.05, 0.1) is 16.0 Å². The molecule has 3 heterocycles. The van der Waals surface area contributed by atoms with Crippen molar-refractivity contribution in [1.29, 1.82) is 0 Å². The maximum atomic E-state index is 13.2. The molecule has 1 aromatic carbocycles. The molecule has 29 heavy (non-hydrogen) atoms. The SMILES string of the molecule is O=C(NCc1nnc2c(C(F)(F)F)cc(Cl)cn12)c1cc(Br)c2c(c1)OCCO2. The fraction of sp³-hybridized carbons (Fsp3) is 0.235. The highest BCUT2D eigenvalue weighted by atomic mass is 79.9. The van der Waals surface area contributed by atoms with Crippen molar-refractivity contribution >= 4 is 39.1 Å². The van der Waals surface area contributed by atoms with Gasteiger partial charge >= 0.3 is 6.18 Å². The number of halogens is 5. The van der Waals surface area contributed by atoms with Crippen LogP contribution in [0, 0.1) is 0 Å². The minimum Gasteiger partial charge on any atom is -0.486 e. The van der Waals surface area contributed by atoms with Gasteiger partial charge in [-0.05, 0) is 34.1 Å². The van der Waals surface area contributed by atoms with Crippen LogP contribution in [0.1, 0.15) is 21.7 Å². The monoisotopic (exact) mass is 490 g/mol. The molecule has 7 nitrogen and oxygen atoms in total. The van der Waals surface area contributed by atoms with E-state index in [4.69, 9.17) is 21.1 Å². The third-order valence-electron chi connectivity index (χ3n) is 4.11. The van der Waals surface area contributed by atoms with E-state index in [2.05, 4.69) is 31.4 Å². The van der Waals surface area contributed by atoms with E-state index in [0.29, 0.717) is 29.2 Å². The van der Waals surface area contributed by atoms with Gasteiger partial charge in [-0.2, -0.15) is 13.2 Å². The van der Waals surface area contributed by atoms with Gasteiger partial charge in [-0.15, -0.1) is 10.2 Å². The largest absolute Gasteiger partial charge is 0.486 e. The van der Waals surface area contributed by atoms with Gasteiger partial charge in [0, 0.05) is 11.8 Å². The summed E-state index contributed by atoms with van der Waals surface area (Å²) in [5, 5.41) is 9.81. The Kier molecular flexibility index (Phi) is 5.03. The number of benzene rings is 1. The van der Waals surface area contributed by atoms with Crippen molar-refractivity contribution in [3.05, 3.63) is 50.8 Å². The first-order chi connectivity index (χ1) is 13.7. The third-order valence-corrected chi connectivity index (χ3v) is 4.91. The molecule has 0 saturated heterocycles. The molecule has 0 atom stereocenters. The van der Waals surface area contributed by atoms with Crippen LogP contribution in [-0.4, -0.2) is 33.7 Å². The van der Waals surface area contributed by atoms with Gasteiger partial charge in [0.25, 0.3) is 5.91 Å². The van der Waals surface area contributed by atoms with Crippen LogP contribution < -0.4 is 14.8 Å². The number of pyridine rings is 1. The molecule has 4 rings (SSSR count). The molecule has 152 valence electrons. The first kappa shape index (κ1) is 19.8. The molecule has 1 N–H and O–H groups in total. The van der Waals surface area contributed by atoms with Gasteiger partial charge in [-0.3, -0.25) is 9.20 Å². The van der Waals surface area contributed by atoms with Crippen LogP contribution in [0.4, 0.5) is 13.2 Å². The zero-order valence-electron chi connectivity index (χ0n) is 14.4. The average molecular weight is 492 g/mol. The Morgan fingerprint density at radius 3 is 2.76 bits per heavy atom. The number of alkyl halides is 3. The number of aromatic nitrogens is 3. The van der Waals surface area contributed by atoms with E-state index in [-0.39, 0.29) is 23.0 Å². The first-order valence-electron chi connectivity index (χ1n) is 8.22. The van der Waals surface area contributed by atoms with E-state index < -0.39 is 23.3 Å². The predicted molar refractivity (Wildman–Crippen MR) is 99.3 cm³/mol. The van der Waals surface area contributed by atoms with Crippen molar-refractivity contribution in [2.45, 2.75) is 12.7 Å². The molecule has 0 radical (unpaired) electrons. The summed E-state index contributed by atoms with van der Waals surface area (Å²) < 4.78 is 52.2. The van der Waals surface area contributed by atoms with E-state index in [1.807, 2.05) is 0 Å². The smallest absolute Gasteiger partial charge is 0.420 e. The number of carbonyl (C=O) groups excluding carboxylic acids is 1. The van der Waals surface area contributed by atoms with Crippen LogP contribution in [0.15, 0.2) is 28.9 Å². The number of nitrogens with zero attached hydrogens (tertiary/aromatic N) is 3. The van der Waals surface area contributed by atoms with E-state index >= 15 is 0 Å². The summed E-state index contributed by atoms with van der Waals surface area (Å²) in [5.41, 5.74) is -1.12. The van der Waals surface area contributed by atoms with E-state index in [9.17, 15) is 18.0 Å². The molecule has 3 aromatic rings. The number of hydrogen-bond acceptors (Lipinski definition) is 5. The molecular weight excluding hydrogens is 481 g/mol. The fourth-order valence-electron chi connectivity index (χ4n) is 2.84. The van der Waals surface area contributed by atoms with Crippen LogP contribution in [0.5, 0.6) is 11.5 Å². The molecule has 0 fully saturated rings. The van der Waals surface area contributed by atoms with Crippen LogP contribution in [0.3, 0.4) is 0 Å². The van der Waals surface area contributed by atoms with Crippen LogP contribution in [-0.2, 0) is 12.7 Å². The molecule has 0 saturated carbocycles. The molecule has 1 aliphatic heterocycles. The molecule has 1 aliphatic rings. The quantitative estimate of drug-likeness (QED) is 0.602. The van der Waals surface area contributed by atoms with Gasteiger partial charge in [0.1, 0.15) is 18.8 Å². The van der Waals surface area contributed by atoms with Crippen molar-refractivity contribution in [2.75, 3.05) is 13.2 Å². The predicted octanol–water partition coefficient (Wildman–Crippen LogP) is 3.87. The van der Waals surface area contributed by atoms with Crippen LogP contribution in [0.25, 0.3) is 5.65 Å². The fourth-order valence-corrected chi connectivity index (χ4v) is 3.60. The first-order valence-corrected chi connectivity index (χ1v) is 9.39. The van der Waals surface area contributed by atoms with Gasteiger partial charge in [0.2, 0.25) is 0 Å². The normalized spacial score (nSPS) is 13.6. The Balaban J connectivity index is 1.58. The van der Waals surface area contributed by atoms with Crippen molar-refractivity contribution in [3.8, 4) is 11.5 Å². The number of carbonyl (C=O) groups is 1. The highest BCUT2D eigenvalue weighted by molar-refractivity contribution is 9.10. The second kappa shape index (κ2) is 7.38. The Bertz CT molecular complexity index is 1120. The number of rotatable bonds is 3. The van der Waals surface area contributed by atoms with E-state index in [1.54, 1.807) is 6.07 Å². The second-order valence-electron chi connectivity index (χ2n) is 6.04. The summed E-state index contributed by atoms with van der Waals surface area (Å²) in [7, 11) is 0. The van der Waals surface area contributed by atoms with E-state index in [0.717, 1.165) is 10.5 Å². The standard InChI is InChI=1S/C17H11BrClF3N4O3/c18-11-3-8(4-12-14(11)29-2-1-28-12)16(27)23-6-13-24-25-15-10(17(20,21)22)5-9(19)7-26(13)15/h3-5,7H,1-2,6H2,(H,23,27). The van der Waals surface area contributed by atoms with Crippen LogP contribution in [0.2, 0.25) is 5.02 Å². The van der Waals surface area contributed by atoms with Crippen molar-refractivity contribution in [2.24, 2.45) is 0 Å². The third kappa shape index (κ3) is 3.84. The molecule has 0 unspecified atom stereocenters. The number of ether oxygens (including phenoxy) is 2. The number of amides is 1. The lowest BCUT2D eigenvalue weighted by molar-refractivity contribution is -0.136. The molecule has 12 heteroatoms. The number of fused-ring (bicyclic) bond motifs is 2. The van der Waals surface area contributed by atoms with Gasteiger partial charge < -0.3 is 14.8 Å². The van der Waals surface area contributed by atoms with Crippen molar-refractivity contribution in [3.63, 3.8) is 0 Å². The van der Waals surface area contributed by atoms with Gasteiger partial charge in [-0.25, -0.2) is 0 Å². The molecule has 0 aliphatic carbocycles. The molecule has 1 amide bonds. The lowest BCUT2D eigenvalue weighted by Crippen LogP contribution is -2.24. The summed E-state index contributed by atoms with van der Waals surface area (Å²) in [6.07, 6.45) is -3.38. The average Bonchev–Trinajstić information content (AvgIpc) is 3.07. The summed E-state index contributed by atoms with van der Waals surface area (Å²) in [5.74, 6) is 0.548. The zero-order valence-corrected chi connectivity index (χ0v) is 16.7. The maximum Gasteiger partial charge on any atom is 0.420 e. The van der Waals surface area contributed by atoms with Gasteiger partial charge in [0.15, 0.2) is 23.0 Å². The topological polar surface area (TPSA) is 77.8 Å². The van der Waals surface area contributed by atoms with Crippen molar-refractivity contribution in [1.82, 2.24) is 19.9 Å². The Morgan fingerprint density at radius 2 is 2.00 bits per heavy atom. The number of nitrogens with one attached hydrogen (secondary N) is 1. The lowest BCUT2D eigenvalue weighted by Gasteiger charge is -2.20. The molecule has 0 bridgehead atoms. The Hall–Kier alpha value is -2.53. The zero-order chi connectivity index (χ0) is 20.8. The minimum absolute atomic E-state index is 0.0953. The summed E-state index contributed by atoms with van der Waals surface area (Å²) in [6, 6.07) is 3.86. The highest BCUT2D eigenvalue weighted by Crippen LogP contribution is 2.38. The molecule has 2 aromatic heterocycles. The Morgan fingerprint density at radius 1 is 1.24 bits per heavy atom. The summed E-state index contributed by atoms with van der Waals surface area (Å²) in [4.78, 5) is 12.5. The summed E-state index contributed by atoms with van der Waals surface area (Å²) in [6.45, 7) is 0.599. The second-order valence-corrected chi connectivity index (χ2v) is 7.34. The molecular formula is C17H11BrClF3N4O3. The van der Waals surface area contributed by atoms with Crippen molar-refractivity contribution < 1.29 is 27.4 Å². The summed E-state index contributed by atoms with van der Waals surface area (Å²) >= 11 is 9.13. The highest BCUT2D eigenvalue weighted by Gasteiger charge is 2.35.